The monoisotopic (exact) mass is 323 g/mol. The predicted octanol–water partition coefficient (Wildman–Crippen LogP) is 3.00. The van der Waals surface area contributed by atoms with Crippen molar-refractivity contribution in [3.63, 3.8) is 0 Å². The molecule has 3 nitrogen and oxygen atoms in total. The third kappa shape index (κ3) is 3.58. The van der Waals surface area contributed by atoms with Gasteiger partial charge in [0, 0.05) is 17.5 Å². The number of fused-ring (bicyclic) bond motifs is 2. The molecule has 0 spiro atoms. The van der Waals surface area contributed by atoms with E-state index >= 15 is 0 Å². The van der Waals surface area contributed by atoms with Crippen LogP contribution >= 0.6 is 23.6 Å². The van der Waals surface area contributed by atoms with E-state index in [1.165, 1.54) is 30.6 Å². The van der Waals surface area contributed by atoms with Crippen LogP contribution in [0, 0.1) is 11.8 Å². The molecule has 116 valence electrons. The Labute approximate surface area is 137 Å². The lowest BCUT2D eigenvalue weighted by atomic mass is 9.96. The normalized spacial score (nSPS) is 28.8. The van der Waals surface area contributed by atoms with Crippen LogP contribution in [0.3, 0.4) is 0 Å². The number of hydrogen-bond donors (Lipinski definition) is 2. The number of thiophene rings is 1. The smallest absolute Gasteiger partial charge is 0.166 e. The molecular weight excluding hydrogens is 298 g/mol. The van der Waals surface area contributed by atoms with Gasteiger partial charge in [-0.1, -0.05) is 12.5 Å². The van der Waals surface area contributed by atoms with Gasteiger partial charge in [-0.15, -0.1) is 11.3 Å². The number of nitrogens with zero attached hydrogens (tertiary/aromatic N) is 1. The molecule has 2 N–H and O–H groups in total. The van der Waals surface area contributed by atoms with Crippen LogP contribution in [-0.2, 0) is 0 Å². The summed E-state index contributed by atoms with van der Waals surface area (Å²) in [5.74, 6) is 1.81. The topological polar surface area (TPSA) is 27.3 Å². The van der Waals surface area contributed by atoms with Crippen LogP contribution in [-0.4, -0.2) is 36.7 Å². The van der Waals surface area contributed by atoms with Gasteiger partial charge in [0.25, 0.3) is 0 Å². The lowest BCUT2D eigenvalue weighted by Gasteiger charge is -2.27. The Hall–Kier alpha value is -0.650. The molecule has 0 unspecified atom stereocenters. The zero-order valence-corrected chi connectivity index (χ0v) is 14.5. The standard InChI is InChI=1S/C16H25N3S2/c1-19(2)14(15-4-3-7-21-15)10-17-16(20)18-13-9-11-5-6-12(13)8-11/h3-4,7,11-14H,5-6,8-10H2,1-2H3,(H2,17,18,20)/t11-,12-,13+,14+/m0/s1. The van der Waals surface area contributed by atoms with E-state index in [2.05, 4.69) is 47.1 Å². The van der Waals surface area contributed by atoms with E-state index < -0.39 is 0 Å². The molecular formula is C16H25N3S2. The summed E-state index contributed by atoms with van der Waals surface area (Å²) in [6, 6.07) is 5.30. The minimum atomic E-state index is 0.379. The van der Waals surface area contributed by atoms with Crippen molar-refractivity contribution in [3.8, 4) is 0 Å². The SMILES string of the molecule is CN(C)[C@H](CNC(=S)N[C@@H]1C[C@H]2CC[C@H]1C2)c1cccs1. The Kier molecular flexibility index (Phi) is 4.82. The minimum absolute atomic E-state index is 0.379. The molecule has 2 aliphatic rings. The number of hydrogen-bond acceptors (Lipinski definition) is 3. The number of rotatable bonds is 5. The largest absolute Gasteiger partial charge is 0.361 e. The molecule has 2 fully saturated rings. The molecule has 21 heavy (non-hydrogen) atoms. The van der Waals surface area contributed by atoms with Gasteiger partial charge in [-0.25, -0.2) is 0 Å². The van der Waals surface area contributed by atoms with Gasteiger partial charge in [0.1, 0.15) is 0 Å². The van der Waals surface area contributed by atoms with Gasteiger partial charge in [0.05, 0.1) is 6.04 Å². The maximum atomic E-state index is 5.50. The number of thiocarbonyl (C=S) groups is 1. The first-order valence-corrected chi connectivity index (χ1v) is 9.16. The Morgan fingerprint density at radius 1 is 1.43 bits per heavy atom. The second kappa shape index (κ2) is 6.63. The molecule has 4 atom stereocenters. The van der Waals surface area contributed by atoms with Crippen molar-refractivity contribution in [1.29, 1.82) is 0 Å². The van der Waals surface area contributed by atoms with E-state index in [1.54, 1.807) is 0 Å². The van der Waals surface area contributed by atoms with Gasteiger partial charge in [-0.2, -0.15) is 0 Å². The highest BCUT2D eigenvalue weighted by molar-refractivity contribution is 7.80. The summed E-state index contributed by atoms with van der Waals surface area (Å²) in [5, 5.41) is 9.95. The van der Waals surface area contributed by atoms with E-state index in [1.807, 2.05) is 11.3 Å². The van der Waals surface area contributed by atoms with Crippen LogP contribution in [0.4, 0.5) is 0 Å². The van der Waals surface area contributed by atoms with Gasteiger partial charge >= 0.3 is 0 Å². The second-order valence-corrected chi connectivity index (χ2v) is 8.02. The molecule has 0 radical (unpaired) electrons. The summed E-state index contributed by atoms with van der Waals surface area (Å²) in [6.45, 7) is 0.861. The predicted molar refractivity (Wildman–Crippen MR) is 93.7 cm³/mol. The van der Waals surface area contributed by atoms with Crippen molar-refractivity contribution < 1.29 is 0 Å². The molecule has 5 heteroatoms. The zero-order chi connectivity index (χ0) is 14.8. The van der Waals surface area contributed by atoms with Crippen LogP contribution in [0.2, 0.25) is 0 Å². The molecule has 1 aromatic rings. The summed E-state index contributed by atoms with van der Waals surface area (Å²) in [7, 11) is 4.25. The van der Waals surface area contributed by atoms with Crippen molar-refractivity contribution in [1.82, 2.24) is 15.5 Å². The number of nitrogens with one attached hydrogen (secondary N) is 2. The van der Waals surface area contributed by atoms with Gasteiger partial charge in [-0.05, 0) is 68.9 Å². The van der Waals surface area contributed by atoms with E-state index in [0.717, 1.165) is 23.5 Å². The van der Waals surface area contributed by atoms with Gasteiger partial charge < -0.3 is 15.5 Å². The van der Waals surface area contributed by atoms with Crippen LogP contribution in [0.5, 0.6) is 0 Å². The maximum Gasteiger partial charge on any atom is 0.166 e. The fraction of sp³-hybridized carbons (Fsp3) is 0.688. The summed E-state index contributed by atoms with van der Waals surface area (Å²) >= 11 is 7.31. The van der Waals surface area contributed by atoms with E-state index in [0.29, 0.717) is 12.1 Å². The molecule has 0 amide bonds. The second-order valence-electron chi connectivity index (χ2n) is 6.63. The third-order valence-electron chi connectivity index (χ3n) is 5.01. The molecule has 2 saturated carbocycles. The molecule has 0 aromatic carbocycles. The Balaban J connectivity index is 1.48. The third-order valence-corrected chi connectivity index (χ3v) is 6.24. The first-order chi connectivity index (χ1) is 10.1. The molecule has 1 heterocycles. The van der Waals surface area contributed by atoms with E-state index in [9.17, 15) is 0 Å². The number of likely N-dealkylation sites (N-methyl/N-ethyl adjacent to an activating group) is 1. The van der Waals surface area contributed by atoms with Crippen molar-refractivity contribution >= 4 is 28.7 Å². The summed E-state index contributed by atoms with van der Waals surface area (Å²) in [6.07, 6.45) is 5.55. The molecule has 0 aliphatic heterocycles. The first kappa shape index (κ1) is 15.3. The van der Waals surface area contributed by atoms with Gasteiger partial charge in [0.2, 0.25) is 0 Å². The van der Waals surface area contributed by atoms with Crippen LogP contribution in [0.15, 0.2) is 17.5 Å². The van der Waals surface area contributed by atoms with Crippen molar-refractivity contribution in [2.24, 2.45) is 11.8 Å². The maximum absolute atomic E-state index is 5.50. The zero-order valence-electron chi connectivity index (χ0n) is 12.8. The van der Waals surface area contributed by atoms with Crippen molar-refractivity contribution in [2.75, 3.05) is 20.6 Å². The summed E-state index contributed by atoms with van der Waals surface area (Å²) in [5.41, 5.74) is 0. The minimum Gasteiger partial charge on any atom is -0.361 e. The van der Waals surface area contributed by atoms with Gasteiger partial charge in [-0.3, -0.25) is 0 Å². The van der Waals surface area contributed by atoms with Crippen LogP contribution < -0.4 is 10.6 Å². The lowest BCUT2D eigenvalue weighted by molar-refractivity contribution is 0.302. The highest BCUT2D eigenvalue weighted by Gasteiger charge is 2.39. The van der Waals surface area contributed by atoms with E-state index in [4.69, 9.17) is 12.2 Å². The first-order valence-electron chi connectivity index (χ1n) is 7.87. The Morgan fingerprint density at radius 2 is 2.29 bits per heavy atom. The fourth-order valence-electron chi connectivity index (χ4n) is 3.85. The average molecular weight is 324 g/mol. The van der Waals surface area contributed by atoms with Crippen LogP contribution in [0.1, 0.15) is 36.6 Å². The molecule has 2 bridgehead atoms. The summed E-state index contributed by atoms with van der Waals surface area (Å²) in [4.78, 5) is 3.63. The summed E-state index contributed by atoms with van der Waals surface area (Å²) < 4.78 is 0. The lowest BCUT2D eigenvalue weighted by Crippen LogP contribution is -2.46. The van der Waals surface area contributed by atoms with E-state index in [-0.39, 0.29) is 0 Å². The molecule has 2 aliphatic carbocycles. The van der Waals surface area contributed by atoms with Crippen molar-refractivity contribution in [3.05, 3.63) is 22.4 Å². The quantitative estimate of drug-likeness (QED) is 0.815. The Bertz CT molecular complexity index is 472. The fourth-order valence-corrected chi connectivity index (χ4v) is 5.01. The highest BCUT2D eigenvalue weighted by atomic mass is 32.1. The highest BCUT2D eigenvalue weighted by Crippen LogP contribution is 2.44. The molecule has 1 aromatic heterocycles. The van der Waals surface area contributed by atoms with Crippen LogP contribution in [0.25, 0.3) is 0 Å². The average Bonchev–Trinajstić information content (AvgIpc) is 3.15. The molecule has 0 saturated heterocycles. The van der Waals surface area contributed by atoms with Gasteiger partial charge in [0.15, 0.2) is 5.11 Å². The van der Waals surface area contributed by atoms with Crippen molar-refractivity contribution in [2.45, 2.75) is 37.8 Å². The molecule has 3 rings (SSSR count). The Morgan fingerprint density at radius 3 is 2.86 bits per heavy atom.